The molecule has 2 rings (SSSR count). The van der Waals surface area contributed by atoms with Crippen molar-refractivity contribution in [2.24, 2.45) is 7.05 Å². The van der Waals surface area contributed by atoms with Gasteiger partial charge in [0.2, 0.25) is 0 Å². The van der Waals surface area contributed by atoms with Crippen LogP contribution in [0.4, 0.5) is 0 Å². The smallest absolute Gasteiger partial charge is 0.0841 e. The highest BCUT2D eigenvalue weighted by molar-refractivity contribution is 5.81. The molecule has 2 aromatic rings. The fraction of sp³-hybridized carbons (Fsp3) is 0.533. The van der Waals surface area contributed by atoms with E-state index in [1.807, 2.05) is 11.7 Å². The van der Waals surface area contributed by atoms with Crippen molar-refractivity contribution >= 4 is 10.9 Å². The van der Waals surface area contributed by atoms with Crippen LogP contribution in [0.15, 0.2) is 24.3 Å². The van der Waals surface area contributed by atoms with Crippen molar-refractivity contribution in [3.63, 3.8) is 0 Å². The quantitative estimate of drug-likeness (QED) is 0.714. The minimum atomic E-state index is 0.842. The third-order valence-corrected chi connectivity index (χ3v) is 3.26. The van der Waals surface area contributed by atoms with Crippen molar-refractivity contribution < 1.29 is 0 Å². The predicted octanol–water partition coefficient (Wildman–Crippen LogP) is 2.05. The predicted molar refractivity (Wildman–Crippen MR) is 80.2 cm³/mol. The van der Waals surface area contributed by atoms with E-state index in [0.717, 1.165) is 38.3 Å². The molecule has 0 radical (unpaired) electrons. The van der Waals surface area contributed by atoms with Crippen molar-refractivity contribution in [1.82, 2.24) is 20.4 Å². The lowest BCUT2D eigenvalue weighted by Crippen LogP contribution is -2.22. The monoisotopic (exact) mass is 260 g/mol. The van der Waals surface area contributed by atoms with Crippen LogP contribution in [0.5, 0.6) is 0 Å². The van der Waals surface area contributed by atoms with E-state index in [0.29, 0.717) is 0 Å². The van der Waals surface area contributed by atoms with Gasteiger partial charge in [0.25, 0.3) is 0 Å². The van der Waals surface area contributed by atoms with E-state index < -0.39 is 0 Å². The molecular formula is C15H24N4. The molecular weight excluding hydrogens is 236 g/mol. The van der Waals surface area contributed by atoms with E-state index in [9.17, 15) is 0 Å². The molecule has 19 heavy (non-hydrogen) atoms. The summed E-state index contributed by atoms with van der Waals surface area (Å²) >= 11 is 0. The summed E-state index contributed by atoms with van der Waals surface area (Å²) in [5, 5.41) is 12.7. The van der Waals surface area contributed by atoms with Gasteiger partial charge in [0, 0.05) is 19.0 Å². The van der Waals surface area contributed by atoms with E-state index in [-0.39, 0.29) is 0 Å². The molecule has 1 heterocycles. The van der Waals surface area contributed by atoms with Crippen LogP contribution in [0.3, 0.4) is 0 Å². The van der Waals surface area contributed by atoms with Gasteiger partial charge in [0.1, 0.15) is 0 Å². The van der Waals surface area contributed by atoms with Gasteiger partial charge in [-0.25, -0.2) is 0 Å². The van der Waals surface area contributed by atoms with Crippen LogP contribution < -0.4 is 10.6 Å². The average molecular weight is 260 g/mol. The van der Waals surface area contributed by atoms with Gasteiger partial charge in [0.05, 0.1) is 11.2 Å². The van der Waals surface area contributed by atoms with Crippen LogP contribution in [0, 0.1) is 0 Å². The third kappa shape index (κ3) is 3.78. The first-order valence-corrected chi connectivity index (χ1v) is 7.15. The topological polar surface area (TPSA) is 41.9 Å². The van der Waals surface area contributed by atoms with Crippen LogP contribution in [0.1, 0.15) is 25.5 Å². The first-order chi connectivity index (χ1) is 9.33. The maximum absolute atomic E-state index is 4.58. The zero-order valence-electron chi connectivity index (χ0n) is 11.9. The number of hydrogen-bond acceptors (Lipinski definition) is 3. The Morgan fingerprint density at radius 2 is 1.89 bits per heavy atom. The molecule has 0 saturated carbocycles. The van der Waals surface area contributed by atoms with Gasteiger partial charge < -0.3 is 10.6 Å². The van der Waals surface area contributed by atoms with E-state index >= 15 is 0 Å². The van der Waals surface area contributed by atoms with Gasteiger partial charge in [-0.3, -0.25) is 4.68 Å². The Kier molecular flexibility index (Phi) is 5.36. The summed E-state index contributed by atoms with van der Waals surface area (Å²) in [4.78, 5) is 0. The molecule has 0 aliphatic heterocycles. The van der Waals surface area contributed by atoms with Gasteiger partial charge >= 0.3 is 0 Å². The van der Waals surface area contributed by atoms with Crippen LogP contribution in [0.25, 0.3) is 10.9 Å². The van der Waals surface area contributed by atoms with Crippen LogP contribution >= 0.6 is 0 Å². The summed E-state index contributed by atoms with van der Waals surface area (Å²) in [5.74, 6) is 0. The molecule has 0 atom stereocenters. The molecule has 104 valence electrons. The first-order valence-electron chi connectivity index (χ1n) is 7.15. The van der Waals surface area contributed by atoms with E-state index in [2.05, 4.69) is 46.9 Å². The highest BCUT2D eigenvalue weighted by Crippen LogP contribution is 2.16. The minimum absolute atomic E-state index is 0.842. The molecule has 1 aromatic carbocycles. The lowest BCUT2D eigenvalue weighted by atomic mass is 10.2. The molecule has 0 aliphatic rings. The maximum Gasteiger partial charge on any atom is 0.0841 e. The van der Waals surface area contributed by atoms with Crippen molar-refractivity contribution in [1.29, 1.82) is 0 Å². The summed E-state index contributed by atoms with van der Waals surface area (Å²) in [6.45, 7) is 6.27. The number of hydrogen-bond donors (Lipinski definition) is 2. The molecule has 4 heteroatoms. The summed E-state index contributed by atoms with van der Waals surface area (Å²) < 4.78 is 1.95. The zero-order chi connectivity index (χ0) is 13.5. The summed E-state index contributed by atoms with van der Waals surface area (Å²) in [6.07, 6.45) is 2.36. The number of aromatic nitrogens is 2. The second-order valence-corrected chi connectivity index (χ2v) is 4.87. The van der Waals surface area contributed by atoms with Crippen molar-refractivity contribution in [2.45, 2.75) is 26.3 Å². The standard InChI is InChI=1S/C15H24N4/c1-3-9-16-10-6-11-17-12-14-13-7-4-5-8-15(13)19(2)18-14/h4-5,7-8,16-17H,3,6,9-12H2,1-2H3. The number of fused-ring (bicyclic) bond motifs is 1. The van der Waals surface area contributed by atoms with Crippen LogP contribution in [-0.4, -0.2) is 29.4 Å². The van der Waals surface area contributed by atoms with Crippen molar-refractivity contribution in [2.75, 3.05) is 19.6 Å². The molecule has 0 amide bonds. The second-order valence-electron chi connectivity index (χ2n) is 4.87. The van der Waals surface area contributed by atoms with E-state index in [4.69, 9.17) is 0 Å². The lowest BCUT2D eigenvalue weighted by Gasteiger charge is -2.04. The number of para-hydroxylation sites is 1. The molecule has 0 bridgehead atoms. The zero-order valence-corrected chi connectivity index (χ0v) is 11.9. The fourth-order valence-corrected chi connectivity index (χ4v) is 2.27. The van der Waals surface area contributed by atoms with Gasteiger partial charge in [-0.1, -0.05) is 25.1 Å². The normalized spacial score (nSPS) is 11.3. The summed E-state index contributed by atoms with van der Waals surface area (Å²) in [5.41, 5.74) is 2.34. The second kappa shape index (κ2) is 7.26. The van der Waals surface area contributed by atoms with Gasteiger partial charge in [0.15, 0.2) is 0 Å². The SMILES string of the molecule is CCCNCCCNCc1nn(C)c2ccccc12. The number of benzene rings is 1. The van der Waals surface area contributed by atoms with Crippen molar-refractivity contribution in [3.05, 3.63) is 30.0 Å². The molecule has 1 aromatic heterocycles. The molecule has 2 N–H and O–H groups in total. The highest BCUT2D eigenvalue weighted by Gasteiger charge is 2.06. The number of aryl methyl sites for hydroxylation is 1. The van der Waals surface area contributed by atoms with E-state index in [1.165, 1.54) is 17.3 Å². The third-order valence-electron chi connectivity index (χ3n) is 3.26. The Bertz CT molecular complexity index is 504. The molecule has 0 saturated heterocycles. The average Bonchev–Trinajstić information content (AvgIpc) is 2.75. The van der Waals surface area contributed by atoms with Crippen molar-refractivity contribution in [3.8, 4) is 0 Å². The fourth-order valence-electron chi connectivity index (χ4n) is 2.27. The minimum Gasteiger partial charge on any atom is -0.317 e. The molecule has 0 unspecified atom stereocenters. The summed E-state index contributed by atoms with van der Waals surface area (Å²) in [7, 11) is 2.00. The van der Waals surface area contributed by atoms with Gasteiger partial charge in [-0.2, -0.15) is 5.10 Å². The molecule has 0 spiro atoms. The number of nitrogens with zero attached hydrogens (tertiary/aromatic N) is 2. The van der Waals surface area contributed by atoms with Crippen LogP contribution in [0.2, 0.25) is 0 Å². The molecule has 4 nitrogen and oxygen atoms in total. The number of rotatable bonds is 8. The number of nitrogens with one attached hydrogen (secondary N) is 2. The highest BCUT2D eigenvalue weighted by atomic mass is 15.3. The lowest BCUT2D eigenvalue weighted by molar-refractivity contribution is 0.586. The van der Waals surface area contributed by atoms with Gasteiger partial charge in [-0.15, -0.1) is 0 Å². The summed E-state index contributed by atoms with van der Waals surface area (Å²) in [6, 6.07) is 8.38. The maximum atomic E-state index is 4.58. The first kappa shape index (κ1) is 14.0. The Morgan fingerprint density at radius 3 is 2.74 bits per heavy atom. The van der Waals surface area contributed by atoms with Gasteiger partial charge in [-0.05, 0) is 38.5 Å². The molecule has 0 aliphatic carbocycles. The Labute approximate surface area is 115 Å². The largest absolute Gasteiger partial charge is 0.317 e. The molecule has 0 fully saturated rings. The van der Waals surface area contributed by atoms with E-state index in [1.54, 1.807) is 0 Å². The Morgan fingerprint density at radius 1 is 1.11 bits per heavy atom. The van der Waals surface area contributed by atoms with Crippen LogP contribution in [-0.2, 0) is 13.6 Å². The Balaban J connectivity index is 1.79. The Hall–Kier alpha value is -1.39.